The topological polar surface area (TPSA) is 68.0 Å². The van der Waals surface area contributed by atoms with Crippen LogP contribution in [-0.4, -0.2) is 32.3 Å². The number of hydrogen-bond acceptors (Lipinski definition) is 4. The van der Waals surface area contributed by atoms with Crippen LogP contribution in [0.2, 0.25) is 0 Å². The van der Waals surface area contributed by atoms with Gasteiger partial charge in [-0.15, -0.1) is 0 Å². The van der Waals surface area contributed by atoms with Crippen molar-refractivity contribution in [2.45, 2.75) is 33.4 Å². The van der Waals surface area contributed by atoms with Crippen LogP contribution >= 0.6 is 0 Å². The molecule has 0 aliphatic carbocycles. The summed E-state index contributed by atoms with van der Waals surface area (Å²) in [5.41, 5.74) is 0.518. The quantitative estimate of drug-likeness (QED) is 0.486. The number of hydrogen-bond donors (Lipinski definition) is 2. The van der Waals surface area contributed by atoms with Gasteiger partial charge in [-0.1, -0.05) is 12.1 Å². The van der Waals surface area contributed by atoms with E-state index in [-0.39, 0.29) is 18.0 Å². The molecule has 0 aliphatic rings. The first-order valence-electron chi connectivity index (χ1n) is 8.88. The molecule has 0 spiro atoms. The van der Waals surface area contributed by atoms with Crippen LogP contribution < -0.4 is 20.1 Å². The van der Waals surface area contributed by atoms with Crippen molar-refractivity contribution < 1.29 is 22.7 Å². The van der Waals surface area contributed by atoms with E-state index in [9.17, 15) is 8.78 Å². The standard InChI is InChI=1S/C19H25F2N3O3/c1-3-22-19(23-11-10-15-8-6-12-26-15)24-13-14-7-5-9-16(25-4-2)17(14)27-18(20)21/h5-9,12,18H,3-4,10-11,13H2,1-2H3,(H2,22,23,24). The SMILES string of the molecule is CCNC(=NCc1cccc(OCC)c1OC(F)F)NCCc1ccco1. The molecule has 0 unspecified atom stereocenters. The van der Waals surface area contributed by atoms with E-state index in [1.54, 1.807) is 31.4 Å². The molecular formula is C19H25F2N3O3. The minimum Gasteiger partial charge on any atom is -0.490 e. The molecular weight excluding hydrogens is 356 g/mol. The molecule has 0 radical (unpaired) electrons. The highest BCUT2D eigenvalue weighted by atomic mass is 19.3. The summed E-state index contributed by atoms with van der Waals surface area (Å²) < 4.78 is 40.9. The van der Waals surface area contributed by atoms with Crippen LogP contribution in [0, 0.1) is 0 Å². The van der Waals surface area contributed by atoms with Gasteiger partial charge in [0, 0.05) is 25.1 Å². The molecule has 148 valence electrons. The zero-order chi connectivity index (χ0) is 19.5. The number of guanidine groups is 1. The second-order valence-electron chi connectivity index (χ2n) is 5.51. The lowest BCUT2D eigenvalue weighted by Gasteiger charge is -2.15. The van der Waals surface area contributed by atoms with E-state index < -0.39 is 6.61 Å². The Labute approximate surface area is 157 Å². The molecule has 27 heavy (non-hydrogen) atoms. The Morgan fingerprint density at radius 2 is 2.04 bits per heavy atom. The molecule has 0 bridgehead atoms. The molecule has 2 aromatic rings. The monoisotopic (exact) mass is 381 g/mol. The maximum atomic E-state index is 12.8. The van der Waals surface area contributed by atoms with Gasteiger partial charge in [0.05, 0.1) is 19.4 Å². The highest BCUT2D eigenvalue weighted by Gasteiger charge is 2.15. The molecule has 6 nitrogen and oxygen atoms in total. The lowest BCUT2D eigenvalue weighted by Crippen LogP contribution is -2.38. The van der Waals surface area contributed by atoms with E-state index in [2.05, 4.69) is 20.4 Å². The zero-order valence-electron chi connectivity index (χ0n) is 15.5. The van der Waals surface area contributed by atoms with Gasteiger partial charge in [-0.3, -0.25) is 0 Å². The number of nitrogens with zero attached hydrogens (tertiary/aromatic N) is 1. The summed E-state index contributed by atoms with van der Waals surface area (Å²) in [5, 5.41) is 6.31. The minimum absolute atomic E-state index is 0.0181. The fourth-order valence-electron chi connectivity index (χ4n) is 2.44. The Balaban J connectivity index is 2.07. The molecule has 0 saturated heterocycles. The van der Waals surface area contributed by atoms with Crippen molar-refractivity contribution in [3.8, 4) is 11.5 Å². The first kappa shape index (κ1) is 20.5. The predicted octanol–water partition coefficient (Wildman–Crippen LogP) is 3.58. The maximum absolute atomic E-state index is 12.8. The molecule has 0 atom stereocenters. The van der Waals surface area contributed by atoms with Gasteiger partial charge in [0.1, 0.15) is 5.76 Å². The lowest BCUT2D eigenvalue weighted by molar-refractivity contribution is -0.0520. The second-order valence-corrected chi connectivity index (χ2v) is 5.51. The Kier molecular flexibility index (Phi) is 8.41. The van der Waals surface area contributed by atoms with Gasteiger partial charge in [-0.2, -0.15) is 8.78 Å². The van der Waals surface area contributed by atoms with Gasteiger partial charge in [0.2, 0.25) is 0 Å². The van der Waals surface area contributed by atoms with Crippen LogP contribution in [0.5, 0.6) is 11.5 Å². The van der Waals surface area contributed by atoms with Crippen LogP contribution in [-0.2, 0) is 13.0 Å². The van der Waals surface area contributed by atoms with Crippen LogP contribution in [0.3, 0.4) is 0 Å². The number of aliphatic imine (C=N–C) groups is 1. The largest absolute Gasteiger partial charge is 0.490 e. The number of alkyl halides is 2. The summed E-state index contributed by atoms with van der Waals surface area (Å²) >= 11 is 0. The van der Waals surface area contributed by atoms with E-state index in [4.69, 9.17) is 9.15 Å². The fourth-order valence-corrected chi connectivity index (χ4v) is 2.44. The van der Waals surface area contributed by atoms with E-state index in [0.29, 0.717) is 37.6 Å². The number of halogens is 2. The lowest BCUT2D eigenvalue weighted by atomic mass is 10.2. The van der Waals surface area contributed by atoms with Gasteiger partial charge < -0.3 is 24.5 Å². The van der Waals surface area contributed by atoms with Crippen LogP contribution in [0.1, 0.15) is 25.2 Å². The molecule has 1 heterocycles. The van der Waals surface area contributed by atoms with Gasteiger partial charge in [0.25, 0.3) is 0 Å². The van der Waals surface area contributed by atoms with E-state index >= 15 is 0 Å². The Morgan fingerprint density at radius 1 is 1.19 bits per heavy atom. The average Bonchev–Trinajstić information content (AvgIpc) is 3.15. The van der Waals surface area contributed by atoms with Crippen molar-refractivity contribution in [1.82, 2.24) is 10.6 Å². The summed E-state index contributed by atoms with van der Waals surface area (Å²) in [6, 6.07) is 8.76. The normalized spacial score (nSPS) is 11.5. The number of ether oxygens (including phenoxy) is 2. The summed E-state index contributed by atoms with van der Waals surface area (Å²) in [6.07, 6.45) is 2.33. The van der Waals surface area contributed by atoms with Gasteiger partial charge in [-0.05, 0) is 32.0 Å². The van der Waals surface area contributed by atoms with Crippen molar-refractivity contribution in [2.24, 2.45) is 4.99 Å². The van der Waals surface area contributed by atoms with Crippen LogP contribution in [0.15, 0.2) is 46.0 Å². The van der Waals surface area contributed by atoms with E-state index in [0.717, 1.165) is 5.76 Å². The second kappa shape index (κ2) is 11.1. The zero-order valence-corrected chi connectivity index (χ0v) is 15.5. The average molecular weight is 381 g/mol. The molecule has 0 aliphatic heterocycles. The maximum Gasteiger partial charge on any atom is 0.387 e. The number of benzene rings is 1. The minimum atomic E-state index is -2.94. The number of para-hydroxylation sites is 1. The van der Waals surface area contributed by atoms with E-state index in [1.807, 2.05) is 19.1 Å². The van der Waals surface area contributed by atoms with Crippen molar-refractivity contribution in [2.75, 3.05) is 19.7 Å². The molecule has 0 amide bonds. The summed E-state index contributed by atoms with van der Waals surface area (Å²) in [6.45, 7) is 2.61. The molecule has 1 aromatic carbocycles. The van der Waals surface area contributed by atoms with Gasteiger partial charge >= 0.3 is 6.61 Å². The molecule has 0 fully saturated rings. The highest BCUT2D eigenvalue weighted by Crippen LogP contribution is 2.33. The smallest absolute Gasteiger partial charge is 0.387 e. The Hall–Kier alpha value is -2.77. The van der Waals surface area contributed by atoms with Crippen molar-refractivity contribution in [1.29, 1.82) is 0 Å². The molecule has 1 aromatic heterocycles. The molecule has 0 saturated carbocycles. The fraction of sp³-hybridized carbons (Fsp3) is 0.421. The first-order valence-corrected chi connectivity index (χ1v) is 8.88. The Morgan fingerprint density at radius 3 is 2.70 bits per heavy atom. The summed E-state index contributed by atoms with van der Waals surface area (Å²) in [5.74, 6) is 1.75. The van der Waals surface area contributed by atoms with Crippen molar-refractivity contribution in [3.05, 3.63) is 47.9 Å². The third-order valence-electron chi connectivity index (χ3n) is 3.56. The summed E-state index contributed by atoms with van der Waals surface area (Å²) in [4.78, 5) is 4.46. The molecule has 8 heteroatoms. The summed E-state index contributed by atoms with van der Waals surface area (Å²) in [7, 11) is 0. The third-order valence-corrected chi connectivity index (χ3v) is 3.56. The van der Waals surface area contributed by atoms with Crippen molar-refractivity contribution in [3.63, 3.8) is 0 Å². The van der Waals surface area contributed by atoms with Gasteiger partial charge in [-0.25, -0.2) is 4.99 Å². The number of nitrogens with one attached hydrogen (secondary N) is 2. The predicted molar refractivity (Wildman–Crippen MR) is 99.5 cm³/mol. The number of rotatable bonds is 10. The van der Waals surface area contributed by atoms with Crippen LogP contribution in [0.25, 0.3) is 0 Å². The third kappa shape index (κ3) is 6.80. The van der Waals surface area contributed by atoms with Crippen molar-refractivity contribution >= 4 is 5.96 Å². The Bertz CT molecular complexity index is 706. The molecule has 2 rings (SSSR count). The van der Waals surface area contributed by atoms with E-state index in [1.165, 1.54) is 0 Å². The van der Waals surface area contributed by atoms with Gasteiger partial charge in [0.15, 0.2) is 17.5 Å². The number of furan rings is 1. The highest BCUT2D eigenvalue weighted by molar-refractivity contribution is 5.79. The van der Waals surface area contributed by atoms with Crippen LogP contribution in [0.4, 0.5) is 8.78 Å². The molecule has 2 N–H and O–H groups in total. The first-order chi connectivity index (χ1) is 13.1.